The number of ether oxygens (including phenoxy) is 1. The maximum atomic E-state index is 12.1. The molecule has 0 aliphatic heterocycles. The molecule has 0 saturated carbocycles. The summed E-state index contributed by atoms with van der Waals surface area (Å²) in [6, 6.07) is 0. The summed E-state index contributed by atoms with van der Waals surface area (Å²) in [4.78, 5) is 16.5. The van der Waals surface area contributed by atoms with Crippen molar-refractivity contribution in [1.82, 2.24) is 14.8 Å². The topological polar surface area (TPSA) is 83.0 Å². The van der Waals surface area contributed by atoms with Gasteiger partial charge in [-0.05, 0) is 47.7 Å². The summed E-state index contributed by atoms with van der Waals surface area (Å²) in [5.41, 5.74) is 7.21. The Hall–Kier alpha value is -1.47. The van der Waals surface area contributed by atoms with Crippen LogP contribution in [0, 0.1) is 0 Å². The fourth-order valence-corrected chi connectivity index (χ4v) is 2.95. The second-order valence-electron chi connectivity index (χ2n) is 5.40. The third-order valence-corrected chi connectivity index (χ3v) is 4.11. The number of rotatable bonds is 7. The number of nitrogens with two attached hydrogens (primary N) is 1. The van der Waals surface area contributed by atoms with Crippen molar-refractivity contribution in [2.24, 2.45) is 5.73 Å². The van der Waals surface area contributed by atoms with E-state index in [2.05, 4.69) is 44.2 Å². The molecule has 0 spiro atoms. The highest BCUT2D eigenvalue weighted by Gasteiger charge is 2.27. The molecule has 0 aromatic carbocycles. The van der Waals surface area contributed by atoms with Gasteiger partial charge in [-0.15, -0.1) is 5.10 Å². The smallest absolute Gasteiger partial charge is 0.306 e. The first kappa shape index (κ1) is 17.9. The molecule has 0 saturated heterocycles. The van der Waals surface area contributed by atoms with Crippen LogP contribution in [0.5, 0.6) is 0 Å². The van der Waals surface area contributed by atoms with E-state index in [9.17, 15) is 4.79 Å². The van der Waals surface area contributed by atoms with Gasteiger partial charge in [-0.1, -0.05) is 25.2 Å². The Morgan fingerprint density at radius 1 is 1.48 bits per heavy atom. The largest absolute Gasteiger partial charge is 0.466 e. The minimum Gasteiger partial charge on any atom is -0.466 e. The number of hydrogen-bond acceptors (Lipinski definition) is 5. The summed E-state index contributed by atoms with van der Waals surface area (Å²) in [7, 11) is 0. The first-order chi connectivity index (χ1) is 11.1. The van der Waals surface area contributed by atoms with Crippen LogP contribution in [0.1, 0.15) is 57.4 Å². The van der Waals surface area contributed by atoms with E-state index in [1.165, 1.54) is 0 Å². The molecule has 2 rings (SSSR count). The van der Waals surface area contributed by atoms with E-state index in [0.29, 0.717) is 17.2 Å². The standard InChI is InChI=1S/C16H23BrN4O2/c1-3-13(18)21-15(19-16(17)20-21)12(10-14(22)23-4-2)11-8-6-5-7-9-11/h6,8-9,12-13H,3-5,7,10,18H2,1-2H3. The average molecular weight is 383 g/mol. The van der Waals surface area contributed by atoms with Gasteiger partial charge in [0.05, 0.1) is 18.9 Å². The zero-order chi connectivity index (χ0) is 16.8. The van der Waals surface area contributed by atoms with E-state index in [1.54, 1.807) is 11.6 Å². The predicted octanol–water partition coefficient (Wildman–Crippen LogP) is 3.22. The molecule has 6 nitrogen and oxygen atoms in total. The van der Waals surface area contributed by atoms with Gasteiger partial charge in [0.15, 0.2) is 0 Å². The summed E-state index contributed by atoms with van der Waals surface area (Å²) >= 11 is 3.32. The minimum atomic E-state index is -0.276. The molecule has 0 fully saturated rings. The number of carbonyl (C=O) groups is 1. The van der Waals surface area contributed by atoms with E-state index < -0.39 is 0 Å². The van der Waals surface area contributed by atoms with Gasteiger partial charge in [0.1, 0.15) is 12.0 Å². The highest BCUT2D eigenvalue weighted by atomic mass is 79.9. The van der Waals surface area contributed by atoms with Crippen LogP contribution >= 0.6 is 15.9 Å². The van der Waals surface area contributed by atoms with Crippen molar-refractivity contribution in [2.45, 2.75) is 51.6 Å². The lowest BCUT2D eigenvalue weighted by molar-refractivity contribution is -0.143. The molecule has 0 amide bonds. The average Bonchev–Trinajstić information content (AvgIpc) is 2.94. The summed E-state index contributed by atoms with van der Waals surface area (Å²) in [5, 5.41) is 4.34. The minimum absolute atomic E-state index is 0.206. The Kier molecular flexibility index (Phi) is 6.53. The van der Waals surface area contributed by atoms with Crippen molar-refractivity contribution in [1.29, 1.82) is 0 Å². The molecule has 2 atom stereocenters. The van der Waals surface area contributed by atoms with Crippen molar-refractivity contribution in [2.75, 3.05) is 6.61 Å². The van der Waals surface area contributed by atoms with Gasteiger partial charge in [0.25, 0.3) is 0 Å². The Labute approximate surface area is 144 Å². The SMILES string of the molecule is CCOC(=O)CC(C1=CCCC=C1)c1nc(Br)nn1C(N)CC. The molecule has 1 aromatic heterocycles. The third kappa shape index (κ3) is 4.51. The molecule has 2 N–H and O–H groups in total. The number of aromatic nitrogens is 3. The van der Waals surface area contributed by atoms with Crippen molar-refractivity contribution in [3.8, 4) is 0 Å². The Morgan fingerprint density at radius 3 is 2.87 bits per heavy atom. The van der Waals surface area contributed by atoms with Gasteiger partial charge in [-0.2, -0.15) is 0 Å². The second-order valence-corrected chi connectivity index (χ2v) is 6.11. The second kappa shape index (κ2) is 8.40. The van der Waals surface area contributed by atoms with Crippen LogP contribution in [0.25, 0.3) is 0 Å². The molecule has 126 valence electrons. The zero-order valence-corrected chi connectivity index (χ0v) is 15.1. The fourth-order valence-electron chi connectivity index (χ4n) is 2.60. The van der Waals surface area contributed by atoms with Crippen LogP contribution in [0.3, 0.4) is 0 Å². The molecule has 0 bridgehead atoms. The first-order valence-corrected chi connectivity index (χ1v) is 8.75. The number of carbonyl (C=O) groups excluding carboxylic acids is 1. The maximum Gasteiger partial charge on any atom is 0.306 e. The molecule has 2 unspecified atom stereocenters. The van der Waals surface area contributed by atoms with E-state index in [-0.39, 0.29) is 24.5 Å². The van der Waals surface area contributed by atoms with Crippen LogP contribution in [-0.2, 0) is 9.53 Å². The molecular formula is C16H23BrN4O2. The van der Waals surface area contributed by atoms with Gasteiger partial charge >= 0.3 is 5.97 Å². The van der Waals surface area contributed by atoms with Crippen LogP contribution in [0.15, 0.2) is 28.5 Å². The van der Waals surface area contributed by atoms with Crippen LogP contribution in [0.2, 0.25) is 0 Å². The van der Waals surface area contributed by atoms with Crippen molar-refractivity contribution in [3.63, 3.8) is 0 Å². The Balaban J connectivity index is 2.38. The Bertz CT molecular complexity index is 609. The van der Waals surface area contributed by atoms with E-state index in [1.807, 2.05) is 6.92 Å². The quantitative estimate of drug-likeness (QED) is 0.731. The van der Waals surface area contributed by atoms with Crippen LogP contribution < -0.4 is 5.73 Å². The highest BCUT2D eigenvalue weighted by molar-refractivity contribution is 9.10. The van der Waals surface area contributed by atoms with E-state index >= 15 is 0 Å². The van der Waals surface area contributed by atoms with Gasteiger partial charge in [-0.25, -0.2) is 9.67 Å². The normalized spacial score (nSPS) is 16.8. The van der Waals surface area contributed by atoms with Gasteiger partial charge in [-0.3, -0.25) is 4.79 Å². The monoisotopic (exact) mass is 382 g/mol. The molecule has 0 radical (unpaired) electrons. The Morgan fingerprint density at radius 2 is 2.26 bits per heavy atom. The number of esters is 1. The van der Waals surface area contributed by atoms with Crippen LogP contribution in [-0.4, -0.2) is 27.3 Å². The number of allylic oxidation sites excluding steroid dienone is 4. The number of nitrogens with zero attached hydrogens (tertiary/aromatic N) is 3. The summed E-state index contributed by atoms with van der Waals surface area (Å²) < 4.78 is 7.31. The van der Waals surface area contributed by atoms with E-state index in [0.717, 1.165) is 24.8 Å². The number of halogens is 1. The maximum absolute atomic E-state index is 12.1. The molecule has 7 heteroatoms. The lowest BCUT2D eigenvalue weighted by atomic mass is 9.90. The van der Waals surface area contributed by atoms with E-state index in [4.69, 9.17) is 10.5 Å². The molecular weight excluding hydrogens is 360 g/mol. The first-order valence-electron chi connectivity index (χ1n) is 7.96. The molecule has 23 heavy (non-hydrogen) atoms. The highest BCUT2D eigenvalue weighted by Crippen LogP contribution is 2.32. The lowest BCUT2D eigenvalue weighted by Crippen LogP contribution is -2.24. The van der Waals surface area contributed by atoms with Gasteiger partial charge in [0, 0.05) is 0 Å². The summed E-state index contributed by atoms with van der Waals surface area (Å²) in [5.74, 6) is 0.243. The van der Waals surface area contributed by atoms with Gasteiger partial charge < -0.3 is 10.5 Å². The molecule has 1 heterocycles. The number of hydrogen-bond donors (Lipinski definition) is 1. The lowest BCUT2D eigenvalue weighted by Gasteiger charge is -2.21. The molecule has 1 aromatic rings. The van der Waals surface area contributed by atoms with Gasteiger partial charge in [0.2, 0.25) is 4.73 Å². The predicted molar refractivity (Wildman–Crippen MR) is 91.7 cm³/mol. The third-order valence-electron chi connectivity index (χ3n) is 3.78. The van der Waals surface area contributed by atoms with Crippen molar-refractivity contribution in [3.05, 3.63) is 34.4 Å². The zero-order valence-electron chi connectivity index (χ0n) is 13.5. The molecule has 1 aliphatic carbocycles. The van der Waals surface area contributed by atoms with Crippen LogP contribution in [0.4, 0.5) is 0 Å². The molecule has 1 aliphatic rings. The van der Waals surface area contributed by atoms with Crippen molar-refractivity contribution >= 4 is 21.9 Å². The summed E-state index contributed by atoms with van der Waals surface area (Å²) in [6.45, 7) is 4.16. The van der Waals surface area contributed by atoms with Crippen molar-refractivity contribution < 1.29 is 9.53 Å². The summed E-state index contributed by atoms with van der Waals surface area (Å²) in [6.07, 6.45) is 8.97. The fraction of sp³-hybridized carbons (Fsp3) is 0.562.